The van der Waals surface area contributed by atoms with Gasteiger partial charge < -0.3 is 5.11 Å². The minimum atomic E-state index is -3.80. The van der Waals surface area contributed by atoms with E-state index in [9.17, 15) is 8.42 Å². The van der Waals surface area contributed by atoms with Crippen molar-refractivity contribution in [3.63, 3.8) is 0 Å². The Hall–Kier alpha value is -1.45. The third kappa shape index (κ3) is 2.37. The summed E-state index contributed by atoms with van der Waals surface area (Å²) in [5.41, 5.74) is 0.997. The zero-order chi connectivity index (χ0) is 13.3. The van der Waals surface area contributed by atoms with E-state index in [0.717, 1.165) is 10.6 Å². The molecule has 2 rings (SSSR count). The lowest BCUT2D eigenvalue weighted by molar-refractivity contribution is 0.278. The third-order valence-corrected chi connectivity index (χ3v) is 4.84. The average Bonchev–Trinajstić information content (AvgIpc) is 2.86. The topological polar surface area (TPSA) is 108 Å². The molecule has 0 saturated carbocycles. The fraction of sp³-hybridized carbons (Fsp3) is 0.333. The Labute approximate surface area is 108 Å². The fourth-order valence-corrected chi connectivity index (χ4v) is 3.50. The van der Waals surface area contributed by atoms with Crippen molar-refractivity contribution in [2.24, 2.45) is 0 Å². The molecule has 3 N–H and O–H groups in total. The SMILES string of the molecule is Cc1nc(NS(=O)(=O)c2[nH]ncc2CO)sc1C. The highest BCUT2D eigenvalue weighted by Gasteiger charge is 2.22. The monoisotopic (exact) mass is 288 g/mol. The van der Waals surface area contributed by atoms with Gasteiger partial charge in [-0.15, -0.1) is 11.3 Å². The molecule has 2 aromatic rings. The van der Waals surface area contributed by atoms with Crippen molar-refractivity contribution in [3.05, 3.63) is 22.3 Å². The van der Waals surface area contributed by atoms with Crippen LogP contribution in [0.5, 0.6) is 0 Å². The summed E-state index contributed by atoms with van der Waals surface area (Å²) in [7, 11) is -3.80. The van der Waals surface area contributed by atoms with E-state index in [0.29, 0.717) is 5.13 Å². The predicted molar refractivity (Wildman–Crippen MR) is 66.9 cm³/mol. The van der Waals surface area contributed by atoms with Crippen molar-refractivity contribution in [1.29, 1.82) is 0 Å². The predicted octanol–water partition coefficient (Wildman–Crippen LogP) is 0.776. The lowest BCUT2D eigenvalue weighted by Gasteiger charge is -2.03. The minimum absolute atomic E-state index is 0.143. The highest BCUT2D eigenvalue weighted by Crippen LogP contribution is 2.24. The summed E-state index contributed by atoms with van der Waals surface area (Å²) in [6.07, 6.45) is 1.27. The van der Waals surface area contributed by atoms with Crippen molar-refractivity contribution in [2.45, 2.75) is 25.5 Å². The number of thiazole rings is 1. The van der Waals surface area contributed by atoms with E-state index >= 15 is 0 Å². The summed E-state index contributed by atoms with van der Waals surface area (Å²) in [5.74, 6) is 0. The number of aliphatic hydroxyl groups is 1. The van der Waals surface area contributed by atoms with Gasteiger partial charge in [-0.3, -0.25) is 9.82 Å². The van der Waals surface area contributed by atoms with Crippen LogP contribution in [-0.2, 0) is 16.6 Å². The number of H-pyrrole nitrogens is 1. The molecule has 0 aromatic carbocycles. The Morgan fingerprint density at radius 2 is 2.22 bits per heavy atom. The molecule has 7 nitrogen and oxygen atoms in total. The summed E-state index contributed by atoms with van der Waals surface area (Å²) in [5, 5.41) is 15.1. The van der Waals surface area contributed by atoms with Gasteiger partial charge in [-0.2, -0.15) is 13.5 Å². The largest absolute Gasteiger partial charge is 0.392 e. The standard InChI is InChI=1S/C9H12N4O3S2/c1-5-6(2)17-9(11-5)13-18(15,16)8-7(4-14)3-10-12-8/h3,14H,4H2,1-2H3,(H,10,12)(H,11,13). The van der Waals surface area contributed by atoms with E-state index in [-0.39, 0.29) is 10.6 Å². The minimum Gasteiger partial charge on any atom is -0.392 e. The second kappa shape index (κ2) is 4.67. The quantitative estimate of drug-likeness (QED) is 0.770. The molecular weight excluding hydrogens is 276 g/mol. The maximum Gasteiger partial charge on any atom is 0.280 e. The van der Waals surface area contributed by atoms with Crippen LogP contribution in [0.4, 0.5) is 5.13 Å². The van der Waals surface area contributed by atoms with Crippen molar-refractivity contribution in [1.82, 2.24) is 15.2 Å². The molecule has 0 saturated heterocycles. The first-order valence-corrected chi connectivity index (χ1v) is 7.34. The number of rotatable bonds is 4. The molecule has 0 aliphatic heterocycles. The van der Waals surface area contributed by atoms with Crippen LogP contribution in [0.25, 0.3) is 0 Å². The van der Waals surface area contributed by atoms with Crippen LogP contribution in [0.3, 0.4) is 0 Å². The van der Waals surface area contributed by atoms with E-state index in [1.165, 1.54) is 17.5 Å². The molecule has 98 valence electrons. The molecule has 0 unspecified atom stereocenters. The van der Waals surface area contributed by atoms with E-state index < -0.39 is 16.6 Å². The van der Waals surface area contributed by atoms with Crippen LogP contribution in [0.1, 0.15) is 16.1 Å². The summed E-state index contributed by atoms with van der Waals surface area (Å²) in [6.45, 7) is 3.27. The van der Waals surface area contributed by atoms with E-state index in [1.807, 2.05) is 6.92 Å². The molecule has 18 heavy (non-hydrogen) atoms. The second-order valence-electron chi connectivity index (χ2n) is 3.65. The smallest absolute Gasteiger partial charge is 0.280 e. The molecule has 0 amide bonds. The molecule has 0 bridgehead atoms. The third-order valence-electron chi connectivity index (χ3n) is 2.37. The molecular formula is C9H12N4O3S2. The van der Waals surface area contributed by atoms with Crippen LogP contribution in [0.2, 0.25) is 0 Å². The Morgan fingerprint density at radius 1 is 1.50 bits per heavy atom. The molecule has 0 aliphatic rings. The Bertz CT molecular complexity index is 640. The highest BCUT2D eigenvalue weighted by atomic mass is 32.2. The van der Waals surface area contributed by atoms with Gasteiger partial charge in [-0.25, -0.2) is 4.98 Å². The lowest BCUT2D eigenvalue weighted by atomic mass is 10.4. The molecule has 0 fully saturated rings. The highest BCUT2D eigenvalue weighted by molar-refractivity contribution is 7.92. The first-order chi connectivity index (χ1) is 8.44. The lowest BCUT2D eigenvalue weighted by Crippen LogP contribution is -2.15. The zero-order valence-corrected chi connectivity index (χ0v) is 11.4. The van der Waals surface area contributed by atoms with Gasteiger partial charge in [0.15, 0.2) is 10.2 Å². The van der Waals surface area contributed by atoms with Gasteiger partial charge in [0.05, 0.1) is 18.5 Å². The van der Waals surface area contributed by atoms with Crippen LogP contribution in [0, 0.1) is 13.8 Å². The molecule has 0 spiro atoms. The maximum absolute atomic E-state index is 12.0. The van der Waals surface area contributed by atoms with Crippen molar-refractivity contribution in [2.75, 3.05) is 4.72 Å². The van der Waals surface area contributed by atoms with Crippen molar-refractivity contribution < 1.29 is 13.5 Å². The summed E-state index contributed by atoms with van der Waals surface area (Å²) >= 11 is 1.25. The number of hydrogen-bond donors (Lipinski definition) is 3. The number of aliphatic hydroxyl groups excluding tert-OH is 1. The van der Waals surface area contributed by atoms with Crippen LogP contribution < -0.4 is 4.72 Å². The maximum atomic E-state index is 12.0. The fourth-order valence-electron chi connectivity index (χ4n) is 1.33. The van der Waals surface area contributed by atoms with E-state index in [1.54, 1.807) is 6.92 Å². The van der Waals surface area contributed by atoms with Crippen LogP contribution in [0.15, 0.2) is 11.2 Å². The number of sulfonamides is 1. The van der Waals surface area contributed by atoms with Gasteiger partial charge >= 0.3 is 0 Å². The van der Waals surface area contributed by atoms with E-state index in [2.05, 4.69) is 19.9 Å². The van der Waals surface area contributed by atoms with Crippen molar-refractivity contribution >= 4 is 26.5 Å². The number of aromatic amines is 1. The number of hydrogen-bond acceptors (Lipinski definition) is 6. The summed E-state index contributed by atoms with van der Waals surface area (Å²) in [6, 6.07) is 0. The Balaban J connectivity index is 2.33. The summed E-state index contributed by atoms with van der Waals surface area (Å²) in [4.78, 5) is 5.04. The van der Waals surface area contributed by atoms with Crippen LogP contribution in [-0.4, -0.2) is 28.7 Å². The van der Waals surface area contributed by atoms with Gasteiger partial charge in [0, 0.05) is 10.4 Å². The molecule has 0 atom stereocenters. The number of aryl methyl sites for hydroxylation is 2. The molecule has 0 aliphatic carbocycles. The van der Waals surface area contributed by atoms with Gasteiger partial charge in [0.25, 0.3) is 10.0 Å². The van der Waals surface area contributed by atoms with Gasteiger partial charge in [0.1, 0.15) is 0 Å². The van der Waals surface area contributed by atoms with Crippen LogP contribution >= 0.6 is 11.3 Å². The normalized spacial score (nSPS) is 11.7. The van der Waals surface area contributed by atoms with Gasteiger partial charge in [0.2, 0.25) is 0 Å². The van der Waals surface area contributed by atoms with E-state index in [4.69, 9.17) is 5.11 Å². The molecule has 2 heterocycles. The number of aromatic nitrogens is 3. The molecule has 9 heteroatoms. The first kappa shape index (κ1) is 13.0. The zero-order valence-electron chi connectivity index (χ0n) is 9.76. The number of nitrogens with zero attached hydrogens (tertiary/aromatic N) is 2. The van der Waals surface area contributed by atoms with Crippen molar-refractivity contribution in [3.8, 4) is 0 Å². The molecule has 2 aromatic heterocycles. The number of anilines is 1. The van der Waals surface area contributed by atoms with Gasteiger partial charge in [-0.05, 0) is 13.8 Å². The Morgan fingerprint density at radius 3 is 2.78 bits per heavy atom. The average molecular weight is 288 g/mol. The first-order valence-electron chi connectivity index (χ1n) is 5.04. The summed E-state index contributed by atoms with van der Waals surface area (Å²) < 4.78 is 26.4. The van der Waals surface area contributed by atoms with Gasteiger partial charge in [-0.1, -0.05) is 0 Å². The number of nitrogens with one attached hydrogen (secondary N) is 2. The second-order valence-corrected chi connectivity index (χ2v) is 6.47. The molecule has 0 radical (unpaired) electrons. The Kier molecular flexibility index (Phi) is 3.37.